The van der Waals surface area contributed by atoms with E-state index < -0.39 is 0 Å². The molecule has 178 valence electrons. The van der Waals surface area contributed by atoms with Gasteiger partial charge in [-0.25, -0.2) is 9.78 Å². The van der Waals surface area contributed by atoms with E-state index in [4.69, 9.17) is 9.72 Å². The predicted molar refractivity (Wildman–Crippen MR) is 135 cm³/mol. The summed E-state index contributed by atoms with van der Waals surface area (Å²) in [5, 5.41) is 0. The first kappa shape index (κ1) is 21.7. The van der Waals surface area contributed by atoms with Gasteiger partial charge in [-0.3, -0.25) is 4.90 Å². The second kappa shape index (κ2) is 8.44. The van der Waals surface area contributed by atoms with Crippen molar-refractivity contribution in [3.63, 3.8) is 0 Å². The summed E-state index contributed by atoms with van der Waals surface area (Å²) in [6, 6.07) is 15.7. The maximum atomic E-state index is 12.6. The Morgan fingerprint density at radius 1 is 1.06 bits per heavy atom. The number of methoxy groups -OCH3 is 1. The fourth-order valence-corrected chi connectivity index (χ4v) is 7.00. The number of benzene rings is 2. The van der Waals surface area contributed by atoms with E-state index >= 15 is 0 Å². The van der Waals surface area contributed by atoms with Crippen LogP contribution < -0.4 is 4.90 Å². The van der Waals surface area contributed by atoms with E-state index in [0.29, 0.717) is 11.5 Å². The van der Waals surface area contributed by atoms with Crippen molar-refractivity contribution in [1.82, 2.24) is 9.55 Å². The standard InChI is InChI=1S/C29H35N3O2/c1-20-11-12-22-23(31(20)28(33)34-2)13-14-24-27(22)30-26(19-21-9-5-3-6-10-21)32(24)25-15-18-29(25)16-7-4-8-17-29/h3,5-6,9-10,13-14,20,25H,4,7-8,11-12,15-19H2,1-2H3/t20-,25+/m0/s1. The fourth-order valence-electron chi connectivity index (χ4n) is 7.00. The number of imidazole rings is 1. The van der Waals surface area contributed by atoms with Gasteiger partial charge in [-0.05, 0) is 68.6 Å². The summed E-state index contributed by atoms with van der Waals surface area (Å²) in [6.07, 6.45) is 11.8. The molecule has 1 spiro atoms. The lowest BCUT2D eigenvalue weighted by Crippen LogP contribution is -2.43. The molecule has 1 amide bonds. The predicted octanol–water partition coefficient (Wildman–Crippen LogP) is 6.82. The van der Waals surface area contributed by atoms with Crippen LogP contribution >= 0.6 is 0 Å². The highest BCUT2D eigenvalue weighted by Crippen LogP contribution is 2.59. The van der Waals surface area contributed by atoms with Crippen LogP contribution in [0.3, 0.4) is 0 Å². The smallest absolute Gasteiger partial charge is 0.414 e. The number of anilines is 1. The SMILES string of the molecule is COC(=O)N1c2ccc3c(nc(Cc4ccccc4)n3[C@@H]3CCC34CCCCC4)c2CC[C@@H]1C. The number of carbonyl (C=O) groups excluding carboxylic acids is 1. The van der Waals surface area contributed by atoms with Gasteiger partial charge in [-0.2, -0.15) is 0 Å². The van der Waals surface area contributed by atoms with E-state index in [1.54, 1.807) is 0 Å². The number of carbonyl (C=O) groups is 1. The normalized spacial score (nSPS) is 23.5. The van der Waals surface area contributed by atoms with Crippen molar-refractivity contribution in [2.45, 2.75) is 83.2 Å². The van der Waals surface area contributed by atoms with Crippen LogP contribution in [0, 0.1) is 5.41 Å². The minimum atomic E-state index is -0.281. The van der Waals surface area contributed by atoms with E-state index in [1.165, 1.54) is 74.5 Å². The highest BCUT2D eigenvalue weighted by molar-refractivity contribution is 5.95. The average Bonchev–Trinajstić information content (AvgIpc) is 3.21. The lowest BCUT2D eigenvalue weighted by molar-refractivity contribution is 0.00159. The van der Waals surface area contributed by atoms with E-state index in [1.807, 2.05) is 4.90 Å². The summed E-state index contributed by atoms with van der Waals surface area (Å²) in [6.45, 7) is 2.10. The zero-order chi connectivity index (χ0) is 23.3. The molecule has 2 saturated carbocycles. The zero-order valence-corrected chi connectivity index (χ0v) is 20.4. The summed E-state index contributed by atoms with van der Waals surface area (Å²) >= 11 is 0. The quantitative estimate of drug-likeness (QED) is 0.433. The van der Waals surface area contributed by atoms with Crippen LogP contribution in [0.25, 0.3) is 11.0 Å². The van der Waals surface area contributed by atoms with Crippen molar-refractivity contribution in [3.8, 4) is 0 Å². The summed E-state index contributed by atoms with van der Waals surface area (Å²) in [4.78, 5) is 19.8. The van der Waals surface area contributed by atoms with Gasteiger partial charge in [-0.15, -0.1) is 0 Å². The molecule has 1 aromatic heterocycles. The first-order chi connectivity index (χ1) is 16.6. The molecule has 2 fully saturated rings. The Kier molecular flexibility index (Phi) is 5.39. The van der Waals surface area contributed by atoms with Crippen molar-refractivity contribution in [3.05, 3.63) is 59.4 Å². The monoisotopic (exact) mass is 457 g/mol. The van der Waals surface area contributed by atoms with Crippen LogP contribution in [-0.4, -0.2) is 28.8 Å². The molecule has 0 N–H and O–H groups in total. The van der Waals surface area contributed by atoms with E-state index in [2.05, 4.69) is 54.0 Å². The third-order valence-corrected chi connectivity index (χ3v) is 8.89. The molecule has 2 aromatic carbocycles. The molecule has 1 aliphatic heterocycles. The van der Waals surface area contributed by atoms with Crippen molar-refractivity contribution in [2.24, 2.45) is 5.41 Å². The Labute approximate surface area is 202 Å². The first-order valence-electron chi connectivity index (χ1n) is 13.0. The van der Waals surface area contributed by atoms with E-state index in [-0.39, 0.29) is 12.1 Å². The molecule has 0 bridgehead atoms. The lowest BCUT2D eigenvalue weighted by atomic mass is 9.57. The van der Waals surface area contributed by atoms with Crippen LogP contribution in [0.15, 0.2) is 42.5 Å². The minimum absolute atomic E-state index is 0.125. The molecular formula is C29H35N3O2. The second-order valence-electron chi connectivity index (χ2n) is 10.7. The van der Waals surface area contributed by atoms with Gasteiger partial charge in [0.1, 0.15) is 5.82 Å². The van der Waals surface area contributed by atoms with Crippen LogP contribution in [0.5, 0.6) is 0 Å². The van der Waals surface area contributed by atoms with Gasteiger partial charge in [0.05, 0.1) is 23.8 Å². The van der Waals surface area contributed by atoms with Gasteiger partial charge in [0.2, 0.25) is 0 Å². The van der Waals surface area contributed by atoms with E-state index in [0.717, 1.165) is 30.5 Å². The number of aromatic nitrogens is 2. The average molecular weight is 458 g/mol. The summed E-state index contributed by atoms with van der Waals surface area (Å²) in [7, 11) is 1.47. The number of hydrogen-bond donors (Lipinski definition) is 0. The number of ether oxygens (including phenoxy) is 1. The third-order valence-electron chi connectivity index (χ3n) is 8.89. The first-order valence-corrected chi connectivity index (χ1v) is 13.0. The minimum Gasteiger partial charge on any atom is -0.452 e. The Morgan fingerprint density at radius 2 is 1.85 bits per heavy atom. The summed E-state index contributed by atoms with van der Waals surface area (Å²) < 4.78 is 7.75. The molecule has 34 heavy (non-hydrogen) atoms. The maximum absolute atomic E-state index is 12.6. The molecule has 0 saturated heterocycles. The number of fused-ring (bicyclic) bond motifs is 3. The number of aryl methyl sites for hydroxylation is 1. The second-order valence-corrected chi connectivity index (χ2v) is 10.7. The lowest BCUT2D eigenvalue weighted by Gasteiger charge is -2.53. The Morgan fingerprint density at radius 3 is 2.56 bits per heavy atom. The molecule has 3 aromatic rings. The van der Waals surface area contributed by atoms with Crippen molar-refractivity contribution in [2.75, 3.05) is 12.0 Å². The van der Waals surface area contributed by atoms with Crippen molar-refractivity contribution < 1.29 is 9.53 Å². The number of rotatable bonds is 3. The number of nitrogens with zero attached hydrogens (tertiary/aromatic N) is 3. The highest BCUT2D eigenvalue weighted by atomic mass is 16.5. The molecular weight excluding hydrogens is 422 g/mol. The maximum Gasteiger partial charge on any atom is 0.414 e. The Hall–Kier alpha value is -2.82. The largest absolute Gasteiger partial charge is 0.452 e. The molecule has 0 unspecified atom stereocenters. The van der Waals surface area contributed by atoms with Gasteiger partial charge >= 0.3 is 6.09 Å². The number of amides is 1. The van der Waals surface area contributed by atoms with Crippen LogP contribution in [0.4, 0.5) is 10.5 Å². The van der Waals surface area contributed by atoms with Crippen LogP contribution in [-0.2, 0) is 17.6 Å². The van der Waals surface area contributed by atoms with Gasteiger partial charge in [0, 0.05) is 24.1 Å². The molecule has 2 atom stereocenters. The Bertz CT molecular complexity index is 1210. The molecule has 2 heterocycles. The van der Waals surface area contributed by atoms with Crippen molar-refractivity contribution >= 4 is 22.8 Å². The fraction of sp³-hybridized carbons (Fsp3) is 0.517. The summed E-state index contributed by atoms with van der Waals surface area (Å²) in [5.41, 5.74) is 6.25. The highest BCUT2D eigenvalue weighted by Gasteiger charge is 2.49. The molecule has 5 heteroatoms. The van der Waals surface area contributed by atoms with Gasteiger partial charge < -0.3 is 9.30 Å². The molecule has 3 aliphatic rings. The topological polar surface area (TPSA) is 47.4 Å². The van der Waals surface area contributed by atoms with Gasteiger partial charge in [-0.1, -0.05) is 49.6 Å². The molecule has 6 rings (SSSR count). The molecule has 0 radical (unpaired) electrons. The molecule has 2 aliphatic carbocycles. The number of hydrogen-bond acceptors (Lipinski definition) is 3. The van der Waals surface area contributed by atoms with Gasteiger partial charge in [0.25, 0.3) is 0 Å². The van der Waals surface area contributed by atoms with Crippen LogP contribution in [0.1, 0.15) is 81.3 Å². The third kappa shape index (κ3) is 3.35. The van der Waals surface area contributed by atoms with Gasteiger partial charge in [0.15, 0.2) is 0 Å². The Balaban J connectivity index is 1.51. The van der Waals surface area contributed by atoms with Crippen LogP contribution in [0.2, 0.25) is 0 Å². The molecule has 5 nitrogen and oxygen atoms in total. The zero-order valence-electron chi connectivity index (χ0n) is 20.4. The summed E-state index contributed by atoms with van der Waals surface area (Å²) in [5.74, 6) is 1.17. The van der Waals surface area contributed by atoms with E-state index in [9.17, 15) is 4.79 Å². The van der Waals surface area contributed by atoms with Crippen molar-refractivity contribution in [1.29, 1.82) is 0 Å².